The third-order valence-corrected chi connectivity index (χ3v) is 3.27. The number of hydrogen-bond acceptors (Lipinski definition) is 4. The summed E-state index contributed by atoms with van der Waals surface area (Å²) < 4.78 is 5.12. The van der Waals surface area contributed by atoms with Gasteiger partial charge in [-0.3, -0.25) is 14.5 Å². The molecule has 2 N–H and O–H groups in total. The van der Waals surface area contributed by atoms with Crippen LogP contribution in [0.3, 0.4) is 0 Å². The summed E-state index contributed by atoms with van der Waals surface area (Å²) in [6.07, 6.45) is 0. The van der Waals surface area contributed by atoms with Crippen molar-refractivity contribution in [3.8, 4) is 0 Å². The molecule has 0 spiro atoms. The molecule has 0 heterocycles. The summed E-state index contributed by atoms with van der Waals surface area (Å²) in [5, 5.41) is 5.53. The Hall–Kier alpha value is -1.92. The Bertz CT molecular complexity index is 488. The average molecular weight is 307 g/mol. The third kappa shape index (κ3) is 6.24. The Balaban J connectivity index is 2.55. The van der Waals surface area contributed by atoms with Gasteiger partial charge in [-0.1, -0.05) is 6.92 Å². The monoisotopic (exact) mass is 307 g/mol. The van der Waals surface area contributed by atoms with Crippen LogP contribution in [0.2, 0.25) is 0 Å². The highest BCUT2D eigenvalue weighted by Crippen LogP contribution is 2.13. The molecule has 0 aromatic heterocycles. The van der Waals surface area contributed by atoms with E-state index >= 15 is 0 Å². The van der Waals surface area contributed by atoms with Crippen LogP contribution in [0, 0.1) is 0 Å². The molecule has 0 saturated carbocycles. The maximum absolute atomic E-state index is 12.1. The first-order valence-electron chi connectivity index (χ1n) is 7.36. The number of nitrogens with one attached hydrogen (secondary N) is 2. The lowest BCUT2D eigenvalue weighted by molar-refractivity contribution is -0.118. The molecule has 2 amide bonds. The van der Waals surface area contributed by atoms with Crippen molar-refractivity contribution in [3.05, 3.63) is 24.3 Å². The van der Waals surface area contributed by atoms with Crippen molar-refractivity contribution in [1.29, 1.82) is 0 Å². The molecule has 0 bridgehead atoms. The van der Waals surface area contributed by atoms with Crippen molar-refractivity contribution in [2.45, 2.75) is 26.8 Å². The molecule has 122 valence electrons. The molecule has 0 fully saturated rings. The zero-order chi connectivity index (χ0) is 16.5. The molecule has 1 rings (SSSR count). The third-order valence-electron chi connectivity index (χ3n) is 3.27. The van der Waals surface area contributed by atoms with E-state index in [4.69, 9.17) is 4.74 Å². The summed E-state index contributed by atoms with van der Waals surface area (Å²) in [6.45, 7) is 7.18. The van der Waals surface area contributed by atoms with E-state index in [1.54, 1.807) is 31.4 Å². The van der Waals surface area contributed by atoms with Crippen LogP contribution in [0.5, 0.6) is 0 Å². The van der Waals surface area contributed by atoms with Gasteiger partial charge < -0.3 is 15.4 Å². The van der Waals surface area contributed by atoms with Gasteiger partial charge in [0, 0.05) is 31.5 Å². The van der Waals surface area contributed by atoms with E-state index in [0.29, 0.717) is 24.5 Å². The average Bonchev–Trinajstić information content (AvgIpc) is 2.46. The summed E-state index contributed by atoms with van der Waals surface area (Å²) >= 11 is 0. The number of nitrogens with zero attached hydrogens (tertiary/aromatic N) is 1. The van der Waals surface area contributed by atoms with Gasteiger partial charge in [0.15, 0.2) is 0 Å². The highest BCUT2D eigenvalue weighted by molar-refractivity contribution is 5.93. The summed E-state index contributed by atoms with van der Waals surface area (Å²) in [6, 6.07) is 7.21. The van der Waals surface area contributed by atoms with Gasteiger partial charge >= 0.3 is 0 Å². The number of likely N-dealkylation sites (N-methyl/N-ethyl adjacent to an activating group) is 1. The smallest absolute Gasteiger partial charge is 0.238 e. The van der Waals surface area contributed by atoms with E-state index in [2.05, 4.69) is 10.6 Å². The van der Waals surface area contributed by atoms with E-state index in [1.807, 2.05) is 18.7 Å². The Morgan fingerprint density at radius 1 is 1.18 bits per heavy atom. The first kappa shape index (κ1) is 18.1. The first-order valence-corrected chi connectivity index (χ1v) is 7.36. The zero-order valence-electron chi connectivity index (χ0n) is 13.7. The van der Waals surface area contributed by atoms with E-state index in [0.717, 1.165) is 6.54 Å². The second kappa shape index (κ2) is 9.17. The van der Waals surface area contributed by atoms with Gasteiger partial charge in [-0.05, 0) is 37.7 Å². The van der Waals surface area contributed by atoms with Gasteiger partial charge in [0.2, 0.25) is 11.8 Å². The Kier molecular flexibility index (Phi) is 7.56. The van der Waals surface area contributed by atoms with Gasteiger partial charge in [0.05, 0.1) is 13.2 Å². The molecule has 0 radical (unpaired) electrons. The van der Waals surface area contributed by atoms with Crippen molar-refractivity contribution in [3.63, 3.8) is 0 Å². The topological polar surface area (TPSA) is 70.7 Å². The highest BCUT2D eigenvalue weighted by Gasteiger charge is 2.15. The Morgan fingerprint density at radius 2 is 1.73 bits per heavy atom. The van der Waals surface area contributed by atoms with Crippen molar-refractivity contribution >= 4 is 23.2 Å². The zero-order valence-corrected chi connectivity index (χ0v) is 13.7. The van der Waals surface area contributed by atoms with Crippen molar-refractivity contribution in [2.75, 3.05) is 37.4 Å². The summed E-state index contributed by atoms with van der Waals surface area (Å²) in [4.78, 5) is 25.1. The number of carbonyl (C=O) groups excluding carboxylic acids is 2. The first-order chi connectivity index (χ1) is 10.5. The number of amides is 2. The van der Waals surface area contributed by atoms with Crippen LogP contribution in [-0.2, 0) is 14.3 Å². The van der Waals surface area contributed by atoms with Gasteiger partial charge in [0.1, 0.15) is 0 Å². The maximum Gasteiger partial charge on any atom is 0.238 e. The quantitative estimate of drug-likeness (QED) is 0.770. The molecular formula is C16H25N3O3. The lowest BCUT2D eigenvalue weighted by Gasteiger charge is -2.26. The number of benzene rings is 1. The predicted octanol–water partition coefficient (Wildman–Crippen LogP) is 1.94. The van der Waals surface area contributed by atoms with Crippen LogP contribution in [-0.4, -0.2) is 49.6 Å². The fourth-order valence-corrected chi connectivity index (χ4v) is 2.15. The predicted molar refractivity (Wildman–Crippen MR) is 88.0 cm³/mol. The van der Waals surface area contributed by atoms with Crippen LogP contribution in [0.4, 0.5) is 11.4 Å². The minimum atomic E-state index is -0.123. The van der Waals surface area contributed by atoms with Crippen molar-refractivity contribution in [1.82, 2.24) is 4.90 Å². The number of carbonyl (C=O) groups is 2. The molecule has 6 heteroatoms. The van der Waals surface area contributed by atoms with Gasteiger partial charge in [-0.2, -0.15) is 0 Å². The largest absolute Gasteiger partial charge is 0.383 e. The SMILES string of the molecule is CCN(CC(=O)Nc1ccc(NC(C)=O)cc1)[C@H](C)COC. The van der Waals surface area contributed by atoms with Crippen LogP contribution in [0.25, 0.3) is 0 Å². The summed E-state index contributed by atoms with van der Waals surface area (Å²) in [5.41, 5.74) is 1.41. The molecule has 22 heavy (non-hydrogen) atoms. The van der Waals surface area contributed by atoms with Gasteiger partial charge in [0.25, 0.3) is 0 Å². The standard InChI is InChI=1S/C16H25N3O3/c1-5-19(12(2)11-22-4)10-16(21)18-15-8-6-14(7-9-15)17-13(3)20/h6-9,12H,5,10-11H2,1-4H3,(H,17,20)(H,18,21)/t12-/m1/s1. The van der Waals surface area contributed by atoms with Gasteiger partial charge in [-0.25, -0.2) is 0 Å². The molecule has 0 unspecified atom stereocenters. The second-order valence-corrected chi connectivity index (χ2v) is 5.17. The lowest BCUT2D eigenvalue weighted by Crippen LogP contribution is -2.41. The Morgan fingerprint density at radius 3 is 2.18 bits per heavy atom. The molecule has 6 nitrogen and oxygen atoms in total. The molecule has 1 aromatic rings. The number of methoxy groups -OCH3 is 1. The molecule has 0 saturated heterocycles. The second-order valence-electron chi connectivity index (χ2n) is 5.17. The normalized spacial score (nSPS) is 12.0. The number of anilines is 2. The minimum Gasteiger partial charge on any atom is -0.383 e. The van der Waals surface area contributed by atoms with Crippen LogP contribution in [0.15, 0.2) is 24.3 Å². The molecular weight excluding hydrogens is 282 g/mol. The number of hydrogen-bond donors (Lipinski definition) is 2. The molecule has 0 aliphatic heterocycles. The number of rotatable bonds is 8. The van der Waals surface area contributed by atoms with E-state index < -0.39 is 0 Å². The van der Waals surface area contributed by atoms with Crippen molar-refractivity contribution in [2.24, 2.45) is 0 Å². The number of ether oxygens (including phenoxy) is 1. The molecule has 1 atom stereocenters. The van der Waals surface area contributed by atoms with Gasteiger partial charge in [-0.15, -0.1) is 0 Å². The fraction of sp³-hybridized carbons (Fsp3) is 0.500. The highest BCUT2D eigenvalue weighted by atomic mass is 16.5. The van der Waals surface area contributed by atoms with E-state index in [-0.39, 0.29) is 17.9 Å². The van der Waals surface area contributed by atoms with Crippen LogP contribution < -0.4 is 10.6 Å². The van der Waals surface area contributed by atoms with E-state index in [9.17, 15) is 9.59 Å². The lowest BCUT2D eigenvalue weighted by atomic mass is 10.2. The van der Waals surface area contributed by atoms with Crippen LogP contribution in [0.1, 0.15) is 20.8 Å². The summed E-state index contributed by atoms with van der Waals surface area (Å²) in [7, 11) is 1.65. The molecule has 1 aromatic carbocycles. The molecule has 0 aliphatic carbocycles. The Labute approximate surface area is 131 Å². The molecule has 0 aliphatic rings. The minimum absolute atomic E-state index is 0.0721. The summed E-state index contributed by atoms with van der Waals surface area (Å²) in [5.74, 6) is -0.195. The van der Waals surface area contributed by atoms with Crippen molar-refractivity contribution < 1.29 is 14.3 Å². The van der Waals surface area contributed by atoms with E-state index in [1.165, 1.54) is 6.92 Å². The maximum atomic E-state index is 12.1. The van der Waals surface area contributed by atoms with Crippen LogP contribution >= 0.6 is 0 Å². The fourth-order valence-electron chi connectivity index (χ4n) is 2.15.